The van der Waals surface area contributed by atoms with Gasteiger partial charge in [0.15, 0.2) is 12.1 Å². The Morgan fingerprint density at radius 3 is 2.82 bits per heavy atom. The van der Waals surface area contributed by atoms with E-state index in [0.717, 1.165) is 36.4 Å². The van der Waals surface area contributed by atoms with Crippen molar-refractivity contribution in [1.82, 2.24) is 9.38 Å². The van der Waals surface area contributed by atoms with Crippen LogP contribution in [0.25, 0.3) is 5.65 Å². The summed E-state index contributed by atoms with van der Waals surface area (Å²) in [5, 5.41) is 0. The van der Waals surface area contributed by atoms with Crippen molar-refractivity contribution in [3.05, 3.63) is 29.6 Å². The van der Waals surface area contributed by atoms with Crippen LogP contribution in [0.2, 0.25) is 0 Å². The molecule has 0 unspecified atom stereocenters. The summed E-state index contributed by atoms with van der Waals surface area (Å²) in [7, 11) is 0. The van der Waals surface area contributed by atoms with Crippen molar-refractivity contribution in [1.29, 1.82) is 0 Å². The second-order valence-corrected chi connectivity index (χ2v) is 4.52. The average molecular weight is 229 g/mol. The molecule has 0 amide bonds. The molecule has 17 heavy (non-hydrogen) atoms. The number of fused-ring (bicyclic) bond motifs is 1. The predicted octanol–water partition coefficient (Wildman–Crippen LogP) is 2.06. The van der Waals surface area contributed by atoms with E-state index >= 15 is 0 Å². The van der Waals surface area contributed by atoms with Crippen LogP contribution >= 0.6 is 0 Å². The van der Waals surface area contributed by atoms with Crippen LogP contribution < -0.4 is 4.90 Å². The van der Waals surface area contributed by atoms with Gasteiger partial charge in [-0.15, -0.1) is 0 Å². The number of imidazole rings is 1. The summed E-state index contributed by atoms with van der Waals surface area (Å²) in [6, 6.07) is 3.97. The first-order valence-electron chi connectivity index (χ1n) is 5.99. The Balaban J connectivity index is 2.23. The van der Waals surface area contributed by atoms with Gasteiger partial charge in [-0.05, 0) is 31.4 Å². The molecule has 0 N–H and O–H groups in total. The molecule has 88 valence electrons. The van der Waals surface area contributed by atoms with Gasteiger partial charge in [0.1, 0.15) is 11.3 Å². The number of hydrogen-bond donors (Lipinski definition) is 0. The van der Waals surface area contributed by atoms with Crippen molar-refractivity contribution in [2.24, 2.45) is 0 Å². The summed E-state index contributed by atoms with van der Waals surface area (Å²) < 4.78 is 1.88. The van der Waals surface area contributed by atoms with Crippen molar-refractivity contribution in [2.45, 2.75) is 19.8 Å². The van der Waals surface area contributed by atoms with Crippen LogP contribution in [0.15, 0.2) is 18.3 Å². The molecule has 0 aromatic carbocycles. The molecule has 0 spiro atoms. The van der Waals surface area contributed by atoms with Gasteiger partial charge in [-0.2, -0.15) is 0 Å². The molecule has 0 saturated carbocycles. The molecule has 4 heteroatoms. The maximum Gasteiger partial charge on any atom is 0.170 e. The van der Waals surface area contributed by atoms with Crippen molar-refractivity contribution < 1.29 is 4.79 Å². The van der Waals surface area contributed by atoms with E-state index < -0.39 is 0 Å². The first kappa shape index (κ1) is 10.3. The Morgan fingerprint density at radius 2 is 2.12 bits per heavy atom. The molecule has 3 heterocycles. The number of hydrogen-bond acceptors (Lipinski definition) is 3. The summed E-state index contributed by atoms with van der Waals surface area (Å²) in [6.07, 6.45) is 5.18. The quantitative estimate of drug-likeness (QED) is 0.740. The minimum atomic E-state index is 0.672. The summed E-state index contributed by atoms with van der Waals surface area (Å²) in [4.78, 5) is 18.1. The largest absolute Gasteiger partial charge is 0.355 e. The third kappa shape index (κ3) is 1.52. The molecular formula is C13H15N3O. The molecule has 0 bridgehead atoms. The normalized spacial score (nSPS) is 15.7. The monoisotopic (exact) mass is 229 g/mol. The van der Waals surface area contributed by atoms with Gasteiger partial charge in [0.25, 0.3) is 0 Å². The fourth-order valence-electron chi connectivity index (χ4n) is 2.48. The second kappa shape index (κ2) is 3.87. The minimum absolute atomic E-state index is 0.672. The molecule has 0 aliphatic carbocycles. The number of aromatic nitrogens is 2. The molecule has 2 aromatic heterocycles. The number of anilines is 1. The Labute approximate surface area is 99.9 Å². The van der Waals surface area contributed by atoms with Crippen molar-refractivity contribution in [2.75, 3.05) is 18.0 Å². The molecule has 1 aliphatic heterocycles. The van der Waals surface area contributed by atoms with E-state index in [0.29, 0.717) is 5.69 Å². The lowest BCUT2D eigenvalue weighted by Gasteiger charge is -2.14. The van der Waals surface area contributed by atoms with Gasteiger partial charge in [0, 0.05) is 19.3 Å². The maximum absolute atomic E-state index is 11.3. The zero-order valence-electron chi connectivity index (χ0n) is 9.89. The molecule has 3 rings (SSSR count). The number of carbonyl (C=O) groups excluding carboxylic acids is 1. The van der Waals surface area contributed by atoms with Gasteiger partial charge in [-0.25, -0.2) is 4.98 Å². The molecule has 1 fully saturated rings. The third-order valence-electron chi connectivity index (χ3n) is 3.38. The van der Waals surface area contributed by atoms with Gasteiger partial charge in [-0.1, -0.05) is 6.07 Å². The molecule has 0 radical (unpaired) electrons. The topological polar surface area (TPSA) is 37.6 Å². The molecule has 1 aliphatic rings. The van der Waals surface area contributed by atoms with Crippen LogP contribution in [0.4, 0.5) is 5.82 Å². The first-order valence-corrected chi connectivity index (χ1v) is 5.99. The van der Waals surface area contributed by atoms with E-state index in [1.54, 1.807) is 0 Å². The van der Waals surface area contributed by atoms with E-state index in [1.807, 2.05) is 29.7 Å². The summed E-state index contributed by atoms with van der Waals surface area (Å²) in [5.41, 5.74) is 2.66. The Bertz CT molecular complexity index is 567. The van der Waals surface area contributed by atoms with Crippen molar-refractivity contribution in [3.8, 4) is 0 Å². The smallest absolute Gasteiger partial charge is 0.170 e. The van der Waals surface area contributed by atoms with E-state index in [1.165, 1.54) is 12.8 Å². The third-order valence-corrected chi connectivity index (χ3v) is 3.38. The number of aryl methyl sites for hydroxylation is 1. The van der Waals surface area contributed by atoms with Crippen LogP contribution in [-0.2, 0) is 0 Å². The average Bonchev–Trinajstić information content (AvgIpc) is 2.95. The lowest BCUT2D eigenvalue weighted by Crippen LogP contribution is -2.19. The minimum Gasteiger partial charge on any atom is -0.355 e. The standard InChI is InChI=1S/C13H15N3O/c1-10-5-4-8-16-11(9-17)13(14-12(10)16)15-6-2-3-7-15/h4-5,8-9H,2-3,6-7H2,1H3. The highest BCUT2D eigenvalue weighted by Gasteiger charge is 2.21. The number of pyridine rings is 1. The van der Waals surface area contributed by atoms with Gasteiger partial charge < -0.3 is 4.90 Å². The fourth-order valence-corrected chi connectivity index (χ4v) is 2.48. The van der Waals surface area contributed by atoms with Crippen LogP contribution in [0.5, 0.6) is 0 Å². The molecule has 4 nitrogen and oxygen atoms in total. The van der Waals surface area contributed by atoms with E-state index in [4.69, 9.17) is 0 Å². The lowest BCUT2D eigenvalue weighted by atomic mass is 10.3. The summed E-state index contributed by atoms with van der Waals surface area (Å²) in [5.74, 6) is 0.840. The van der Waals surface area contributed by atoms with Gasteiger partial charge >= 0.3 is 0 Å². The zero-order valence-corrected chi connectivity index (χ0v) is 9.89. The SMILES string of the molecule is Cc1cccn2c(C=O)c(N3CCCC3)nc12. The Hall–Kier alpha value is -1.84. The number of nitrogens with zero attached hydrogens (tertiary/aromatic N) is 3. The van der Waals surface area contributed by atoms with E-state index in [2.05, 4.69) is 9.88 Å². The van der Waals surface area contributed by atoms with Crippen LogP contribution in [0.3, 0.4) is 0 Å². The predicted molar refractivity (Wildman–Crippen MR) is 66.8 cm³/mol. The Morgan fingerprint density at radius 1 is 1.35 bits per heavy atom. The fraction of sp³-hybridized carbons (Fsp3) is 0.385. The van der Waals surface area contributed by atoms with Crippen molar-refractivity contribution >= 4 is 17.8 Å². The van der Waals surface area contributed by atoms with Crippen LogP contribution in [-0.4, -0.2) is 28.8 Å². The number of rotatable bonds is 2. The van der Waals surface area contributed by atoms with Gasteiger partial charge in [0.05, 0.1) is 0 Å². The number of carbonyl (C=O) groups is 1. The number of aldehydes is 1. The Kier molecular flexibility index (Phi) is 2.35. The van der Waals surface area contributed by atoms with Gasteiger partial charge in [-0.3, -0.25) is 9.20 Å². The summed E-state index contributed by atoms with van der Waals surface area (Å²) >= 11 is 0. The molecule has 2 aromatic rings. The zero-order chi connectivity index (χ0) is 11.8. The maximum atomic E-state index is 11.3. The second-order valence-electron chi connectivity index (χ2n) is 4.52. The summed E-state index contributed by atoms with van der Waals surface area (Å²) in [6.45, 7) is 4.03. The molecular weight excluding hydrogens is 214 g/mol. The highest BCUT2D eigenvalue weighted by Crippen LogP contribution is 2.25. The highest BCUT2D eigenvalue weighted by atomic mass is 16.1. The molecule has 0 atom stereocenters. The van der Waals surface area contributed by atoms with Gasteiger partial charge in [0.2, 0.25) is 0 Å². The molecule has 1 saturated heterocycles. The van der Waals surface area contributed by atoms with Crippen LogP contribution in [0.1, 0.15) is 28.9 Å². The first-order chi connectivity index (χ1) is 8.31. The van der Waals surface area contributed by atoms with Crippen molar-refractivity contribution in [3.63, 3.8) is 0 Å². The van der Waals surface area contributed by atoms with E-state index in [9.17, 15) is 4.79 Å². The highest BCUT2D eigenvalue weighted by molar-refractivity contribution is 5.83. The van der Waals surface area contributed by atoms with E-state index in [-0.39, 0.29) is 0 Å². The van der Waals surface area contributed by atoms with Crippen LogP contribution in [0, 0.1) is 6.92 Å². The lowest BCUT2D eigenvalue weighted by molar-refractivity contribution is 0.111.